The summed E-state index contributed by atoms with van der Waals surface area (Å²) in [7, 11) is 0. The molecule has 5 nitrogen and oxygen atoms in total. The first-order valence-corrected chi connectivity index (χ1v) is 4.92. The second kappa shape index (κ2) is 4.66. The van der Waals surface area contributed by atoms with E-state index in [0.717, 1.165) is 0 Å². The van der Waals surface area contributed by atoms with Gasteiger partial charge in [-0.1, -0.05) is 0 Å². The third kappa shape index (κ3) is 1.97. The third-order valence-electron chi connectivity index (χ3n) is 2.92. The van der Waals surface area contributed by atoms with E-state index >= 15 is 0 Å². The van der Waals surface area contributed by atoms with Gasteiger partial charge in [0.25, 0.3) is 0 Å². The summed E-state index contributed by atoms with van der Waals surface area (Å²) in [5, 5.41) is 36.0. The Labute approximate surface area is 106 Å². The molecule has 20 heavy (non-hydrogen) atoms. The predicted octanol–water partition coefficient (Wildman–Crippen LogP) is -0.379. The monoisotopic (exact) mass is 318 g/mol. The van der Waals surface area contributed by atoms with Crippen molar-refractivity contribution in [3.63, 3.8) is 0 Å². The molecular formula is C8H9F7O5. The summed E-state index contributed by atoms with van der Waals surface area (Å²) in [6.45, 7) is -1.31. The molecule has 4 N–H and O–H groups in total. The van der Waals surface area contributed by atoms with Gasteiger partial charge in [0.2, 0.25) is 5.60 Å². The van der Waals surface area contributed by atoms with Crippen LogP contribution in [0.3, 0.4) is 0 Å². The highest BCUT2D eigenvalue weighted by atomic mass is 19.4. The first kappa shape index (κ1) is 17.4. The molecule has 0 spiro atoms. The van der Waals surface area contributed by atoms with Gasteiger partial charge in [-0.25, -0.2) is 0 Å². The smallest absolute Gasteiger partial charge is 0.394 e. The molecule has 0 aliphatic carbocycles. The van der Waals surface area contributed by atoms with E-state index < -0.39 is 48.7 Å². The van der Waals surface area contributed by atoms with E-state index in [1.165, 1.54) is 0 Å². The lowest BCUT2D eigenvalue weighted by Gasteiger charge is -2.40. The SMILES string of the molecule is OC[C@H]1O[C@H](O)[C@@](O)(C(F)(F)C(F)(F)C(F)(F)F)[C@@H]1O. The number of halogens is 7. The molecule has 0 aromatic carbocycles. The second-order valence-electron chi connectivity index (χ2n) is 4.13. The van der Waals surface area contributed by atoms with Crippen LogP contribution in [0.15, 0.2) is 0 Å². The van der Waals surface area contributed by atoms with Crippen molar-refractivity contribution in [1.29, 1.82) is 0 Å². The molecular weight excluding hydrogens is 309 g/mol. The zero-order valence-electron chi connectivity index (χ0n) is 9.28. The Morgan fingerprint density at radius 3 is 1.75 bits per heavy atom. The van der Waals surface area contributed by atoms with E-state index in [0.29, 0.717) is 0 Å². The fourth-order valence-electron chi connectivity index (χ4n) is 1.69. The minimum atomic E-state index is -6.76. The summed E-state index contributed by atoms with van der Waals surface area (Å²) in [4.78, 5) is 0. The van der Waals surface area contributed by atoms with Gasteiger partial charge >= 0.3 is 18.0 Å². The van der Waals surface area contributed by atoms with E-state index in [4.69, 9.17) is 15.3 Å². The van der Waals surface area contributed by atoms with E-state index in [1.54, 1.807) is 0 Å². The first-order valence-electron chi connectivity index (χ1n) is 4.92. The molecule has 1 aliphatic rings. The maximum atomic E-state index is 13.4. The lowest BCUT2D eigenvalue weighted by atomic mass is 9.84. The van der Waals surface area contributed by atoms with Gasteiger partial charge in [-0.15, -0.1) is 0 Å². The maximum Gasteiger partial charge on any atom is 0.459 e. The second-order valence-corrected chi connectivity index (χ2v) is 4.13. The number of hydrogen-bond donors (Lipinski definition) is 4. The zero-order valence-corrected chi connectivity index (χ0v) is 9.28. The minimum Gasteiger partial charge on any atom is -0.394 e. The van der Waals surface area contributed by atoms with Crippen LogP contribution in [0.25, 0.3) is 0 Å². The maximum absolute atomic E-state index is 13.4. The van der Waals surface area contributed by atoms with Crippen molar-refractivity contribution >= 4 is 0 Å². The van der Waals surface area contributed by atoms with Gasteiger partial charge < -0.3 is 25.2 Å². The van der Waals surface area contributed by atoms with Gasteiger partial charge in [0.05, 0.1) is 6.61 Å². The topological polar surface area (TPSA) is 90.2 Å². The average Bonchev–Trinajstić information content (AvgIpc) is 2.52. The van der Waals surface area contributed by atoms with Crippen molar-refractivity contribution < 1.29 is 55.9 Å². The molecule has 0 saturated carbocycles. The number of aliphatic hydroxyl groups excluding tert-OH is 3. The third-order valence-corrected chi connectivity index (χ3v) is 2.92. The molecule has 0 amide bonds. The highest BCUT2D eigenvalue weighted by Crippen LogP contribution is 2.55. The van der Waals surface area contributed by atoms with Crippen LogP contribution in [0.1, 0.15) is 0 Å². The fraction of sp³-hybridized carbons (Fsp3) is 1.00. The van der Waals surface area contributed by atoms with Crippen LogP contribution in [-0.4, -0.2) is 69.2 Å². The van der Waals surface area contributed by atoms with Gasteiger partial charge in [-0.2, -0.15) is 30.7 Å². The minimum absolute atomic E-state index is 1.31. The normalized spacial score (nSPS) is 36.5. The lowest BCUT2D eigenvalue weighted by molar-refractivity contribution is -0.406. The molecule has 1 heterocycles. The molecule has 120 valence electrons. The van der Waals surface area contributed by atoms with Crippen LogP contribution in [0.2, 0.25) is 0 Å². The van der Waals surface area contributed by atoms with Crippen LogP contribution >= 0.6 is 0 Å². The van der Waals surface area contributed by atoms with Crippen LogP contribution in [0.4, 0.5) is 30.7 Å². The van der Waals surface area contributed by atoms with Gasteiger partial charge in [-0.3, -0.25) is 0 Å². The molecule has 0 bridgehead atoms. The fourth-order valence-corrected chi connectivity index (χ4v) is 1.69. The molecule has 12 heteroatoms. The molecule has 0 radical (unpaired) electrons. The summed E-state index contributed by atoms with van der Waals surface area (Å²) >= 11 is 0. The van der Waals surface area contributed by atoms with Gasteiger partial charge in [0.1, 0.15) is 12.2 Å². The molecule has 0 unspecified atom stereocenters. The number of hydrogen-bond acceptors (Lipinski definition) is 5. The van der Waals surface area contributed by atoms with Crippen LogP contribution in [-0.2, 0) is 4.74 Å². The van der Waals surface area contributed by atoms with Crippen molar-refractivity contribution in [2.24, 2.45) is 0 Å². The lowest BCUT2D eigenvalue weighted by Crippen LogP contribution is -2.71. The number of alkyl halides is 7. The largest absolute Gasteiger partial charge is 0.459 e. The summed E-state index contributed by atoms with van der Waals surface area (Å²) in [5.41, 5.74) is -4.65. The summed E-state index contributed by atoms with van der Waals surface area (Å²) < 4.78 is 92.3. The van der Waals surface area contributed by atoms with E-state index in [-0.39, 0.29) is 0 Å². The molecule has 1 rings (SSSR count). The van der Waals surface area contributed by atoms with Crippen LogP contribution < -0.4 is 0 Å². The van der Waals surface area contributed by atoms with Gasteiger partial charge in [0.15, 0.2) is 6.29 Å². The Balaban J connectivity index is 3.33. The average molecular weight is 318 g/mol. The summed E-state index contributed by atoms with van der Waals surface area (Å²) in [5.74, 6) is -13.1. The Morgan fingerprint density at radius 1 is 1.00 bits per heavy atom. The zero-order chi connectivity index (χ0) is 16.1. The Bertz CT molecular complexity index is 373. The predicted molar refractivity (Wildman–Crippen MR) is 44.9 cm³/mol. The molecule has 1 fully saturated rings. The highest BCUT2D eigenvalue weighted by Gasteiger charge is 2.84. The molecule has 1 aliphatic heterocycles. The highest BCUT2D eigenvalue weighted by molar-refractivity contribution is 5.14. The van der Waals surface area contributed by atoms with E-state index in [9.17, 15) is 35.8 Å². The van der Waals surface area contributed by atoms with E-state index in [2.05, 4.69) is 4.74 Å². The Kier molecular flexibility index (Phi) is 4.05. The standard InChI is InChI=1S/C8H9F7O5/c9-6(10,7(11,12)8(13,14)15)5(19)3(17)2(1-16)20-4(5)18/h2-4,16-19H,1H2/t2-,3-,4+,5-/m1/s1. The van der Waals surface area contributed by atoms with Crippen LogP contribution in [0.5, 0.6) is 0 Å². The quantitative estimate of drug-likeness (QED) is 0.533. The Morgan fingerprint density at radius 2 is 1.45 bits per heavy atom. The Hall–Kier alpha value is -0.690. The number of rotatable bonds is 3. The van der Waals surface area contributed by atoms with Crippen molar-refractivity contribution in [3.05, 3.63) is 0 Å². The van der Waals surface area contributed by atoms with Gasteiger partial charge in [0, 0.05) is 0 Å². The van der Waals surface area contributed by atoms with Crippen LogP contribution in [0, 0.1) is 0 Å². The van der Waals surface area contributed by atoms with Crippen molar-refractivity contribution in [3.8, 4) is 0 Å². The van der Waals surface area contributed by atoms with E-state index in [1.807, 2.05) is 0 Å². The molecule has 0 aromatic rings. The molecule has 0 aromatic heterocycles. The summed E-state index contributed by atoms with van der Waals surface area (Å²) in [6.07, 6.45) is -15.3. The number of aliphatic hydroxyl groups is 4. The van der Waals surface area contributed by atoms with Crippen molar-refractivity contribution in [1.82, 2.24) is 0 Å². The summed E-state index contributed by atoms with van der Waals surface area (Å²) in [6, 6.07) is 0. The van der Waals surface area contributed by atoms with Crippen molar-refractivity contribution in [2.45, 2.75) is 42.1 Å². The molecule has 4 atom stereocenters. The number of ether oxygens (including phenoxy) is 1. The first-order chi connectivity index (χ1) is 8.75. The van der Waals surface area contributed by atoms with Gasteiger partial charge in [-0.05, 0) is 0 Å². The molecule has 1 saturated heterocycles. The van der Waals surface area contributed by atoms with Crippen molar-refractivity contribution in [2.75, 3.05) is 6.61 Å².